The van der Waals surface area contributed by atoms with Crippen LogP contribution in [0.1, 0.15) is 63.4 Å². The molecule has 4 aliphatic carbocycles. The summed E-state index contributed by atoms with van der Waals surface area (Å²) in [6, 6.07) is 8.11. The topological polar surface area (TPSA) is 37.3 Å². The molecule has 5 heteroatoms. The van der Waals surface area contributed by atoms with E-state index in [0.717, 1.165) is 34.9 Å². The summed E-state index contributed by atoms with van der Waals surface area (Å²) in [4.78, 5) is 12.1. The fourth-order valence-electron chi connectivity index (χ4n) is 7.38. The molecule has 1 N–H and O–H groups in total. The third kappa shape index (κ3) is 3.00. The van der Waals surface area contributed by atoms with Gasteiger partial charge in [-0.15, -0.1) is 0 Å². The van der Waals surface area contributed by atoms with Crippen molar-refractivity contribution in [3.8, 4) is 0 Å². The molecule has 5 atom stereocenters. The highest BCUT2D eigenvalue weighted by atomic mass is 79.9. The van der Waals surface area contributed by atoms with Crippen LogP contribution in [0.25, 0.3) is 0 Å². The second-order valence-electron chi connectivity index (χ2n) is 10.3. The smallest absolute Gasteiger partial charge is 0.294 e. The molecule has 0 aromatic heterocycles. The van der Waals surface area contributed by atoms with Gasteiger partial charge in [0.25, 0.3) is 5.92 Å². The number of ketones is 1. The number of rotatable bonds is 3. The first-order valence-electron chi connectivity index (χ1n) is 11.6. The van der Waals surface area contributed by atoms with E-state index in [9.17, 15) is 9.90 Å². The molecule has 0 amide bonds. The van der Waals surface area contributed by atoms with Crippen LogP contribution >= 0.6 is 15.9 Å². The summed E-state index contributed by atoms with van der Waals surface area (Å²) in [6.45, 7) is 5.24. The first-order chi connectivity index (χ1) is 15.1. The van der Waals surface area contributed by atoms with Crippen molar-refractivity contribution >= 4 is 21.7 Å². The number of aliphatic hydroxyl groups is 1. The Morgan fingerprint density at radius 1 is 1.19 bits per heavy atom. The summed E-state index contributed by atoms with van der Waals surface area (Å²) in [5.74, 6) is -3.07. The van der Waals surface area contributed by atoms with Crippen molar-refractivity contribution in [3.63, 3.8) is 0 Å². The summed E-state index contributed by atoms with van der Waals surface area (Å²) in [5, 5.41) is 11.5. The summed E-state index contributed by atoms with van der Waals surface area (Å²) in [5.41, 5.74) is 1.82. The fourth-order valence-corrected chi connectivity index (χ4v) is 7.64. The van der Waals surface area contributed by atoms with Gasteiger partial charge >= 0.3 is 0 Å². The van der Waals surface area contributed by atoms with E-state index < -0.39 is 16.9 Å². The molecule has 1 aromatic rings. The van der Waals surface area contributed by atoms with E-state index in [2.05, 4.69) is 34.6 Å². The van der Waals surface area contributed by atoms with Crippen LogP contribution in [0.2, 0.25) is 0 Å². The maximum Gasteiger partial charge on any atom is 0.294 e. The maximum atomic E-state index is 15.1. The van der Waals surface area contributed by atoms with Crippen molar-refractivity contribution in [3.05, 3.63) is 69.8 Å². The lowest BCUT2D eigenvalue weighted by atomic mass is 9.50. The van der Waals surface area contributed by atoms with Crippen LogP contribution in [0.5, 0.6) is 0 Å². The summed E-state index contributed by atoms with van der Waals surface area (Å²) in [7, 11) is 0. The highest BCUT2D eigenvalue weighted by Gasteiger charge is 2.70. The number of halogens is 3. The fraction of sp³-hybridized carbons (Fsp3) is 0.519. The molecule has 2 unspecified atom stereocenters. The predicted octanol–water partition coefficient (Wildman–Crippen LogP) is 6.90. The van der Waals surface area contributed by atoms with Gasteiger partial charge in [0, 0.05) is 22.2 Å². The van der Waals surface area contributed by atoms with Gasteiger partial charge in [-0.1, -0.05) is 47.1 Å². The molecule has 0 radical (unpaired) electrons. The van der Waals surface area contributed by atoms with Crippen LogP contribution < -0.4 is 0 Å². The van der Waals surface area contributed by atoms with Gasteiger partial charge < -0.3 is 5.11 Å². The number of allylic oxidation sites excluding steroid dienone is 4. The zero-order chi connectivity index (χ0) is 22.9. The zero-order valence-corrected chi connectivity index (χ0v) is 19.9. The minimum absolute atomic E-state index is 0.00768. The van der Waals surface area contributed by atoms with Crippen LogP contribution in [0, 0.1) is 17.3 Å². The predicted molar refractivity (Wildman–Crippen MR) is 124 cm³/mol. The Kier molecular flexibility index (Phi) is 5.18. The molecule has 0 aliphatic heterocycles. The quantitative estimate of drug-likeness (QED) is 0.456. The molecular weight excluding hydrogens is 474 g/mol. The lowest BCUT2D eigenvalue weighted by Crippen LogP contribution is -2.59. The van der Waals surface area contributed by atoms with E-state index in [-0.39, 0.29) is 30.0 Å². The van der Waals surface area contributed by atoms with Gasteiger partial charge in [0.2, 0.25) is 0 Å². The van der Waals surface area contributed by atoms with Crippen molar-refractivity contribution in [2.24, 2.45) is 17.3 Å². The van der Waals surface area contributed by atoms with Crippen LogP contribution in [0.3, 0.4) is 0 Å². The first-order valence-corrected chi connectivity index (χ1v) is 12.4. The van der Waals surface area contributed by atoms with E-state index in [0.29, 0.717) is 25.3 Å². The molecule has 1 aromatic carbocycles. The van der Waals surface area contributed by atoms with Gasteiger partial charge in [-0.3, -0.25) is 4.79 Å². The molecule has 32 heavy (non-hydrogen) atoms. The van der Waals surface area contributed by atoms with Gasteiger partial charge in [0.05, 0.1) is 0 Å². The molecular formula is C27H29BrF2O2. The number of carbonyl (C=O) groups is 1. The molecule has 0 bridgehead atoms. The zero-order valence-electron chi connectivity index (χ0n) is 18.3. The highest BCUT2D eigenvalue weighted by Crippen LogP contribution is 2.69. The van der Waals surface area contributed by atoms with E-state index >= 15 is 8.78 Å². The Bertz CT molecular complexity index is 1040. The normalized spacial score (nSPS) is 36.8. The Balaban J connectivity index is 1.70. The number of fused-ring (bicyclic) bond motifs is 4. The Morgan fingerprint density at radius 2 is 1.91 bits per heavy atom. The highest BCUT2D eigenvalue weighted by molar-refractivity contribution is 9.10. The minimum atomic E-state index is -3.34. The van der Waals surface area contributed by atoms with Gasteiger partial charge in [-0.2, -0.15) is 8.78 Å². The Labute approximate surface area is 196 Å². The number of benzene rings is 1. The standard InChI is InChI=1S/C27H29BrF2O2/c1-3-27(29,30)26(32)13-12-23-21-10-6-17-14-19(31)9-11-20(17)24(21)22(15-25(23,26)2)16-4-7-18(28)8-5-16/h3-5,7-8,14,21-23,32H,1,6,9-13,15H2,2H3/t21?,22-,23?,25+,26+/m1/s1. The molecule has 2 fully saturated rings. The largest absolute Gasteiger partial charge is 0.383 e. The number of hydrogen-bond acceptors (Lipinski definition) is 2. The lowest BCUT2D eigenvalue weighted by Gasteiger charge is -2.55. The minimum Gasteiger partial charge on any atom is -0.383 e. The van der Waals surface area contributed by atoms with Gasteiger partial charge in [0.15, 0.2) is 5.78 Å². The van der Waals surface area contributed by atoms with E-state index in [1.54, 1.807) is 0 Å². The van der Waals surface area contributed by atoms with Crippen LogP contribution in [-0.4, -0.2) is 22.4 Å². The van der Waals surface area contributed by atoms with Crippen molar-refractivity contribution < 1.29 is 18.7 Å². The molecule has 5 rings (SSSR count). The average molecular weight is 503 g/mol. The molecule has 2 nitrogen and oxygen atoms in total. The van der Waals surface area contributed by atoms with Gasteiger partial charge in [-0.05, 0) is 91.4 Å². The van der Waals surface area contributed by atoms with E-state index in [4.69, 9.17) is 0 Å². The van der Waals surface area contributed by atoms with E-state index in [1.807, 2.05) is 25.1 Å². The Morgan fingerprint density at radius 3 is 2.59 bits per heavy atom. The second kappa shape index (κ2) is 7.46. The van der Waals surface area contributed by atoms with Crippen LogP contribution in [0.15, 0.2) is 64.2 Å². The van der Waals surface area contributed by atoms with Crippen molar-refractivity contribution in [1.82, 2.24) is 0 Å². The Hall–Kier alpha value is -1.59. The first kappa shape index (κ1) is 22.2. The summed E-state index contributed by atoms with van der Waals surface area (Å²) >= 11 is 3.50. The number of hydrogen-bond donors (Lipinski definition) is 1. The number of alkyl halides is 2. The van der Waals surface area contributed by atoms with Crippen LogP contribution in [-0.2, 0) is 4.79 Å². The molecule has 2 saturated carbocycles. The monoisotopic (exact) mass is 502 g/mol. The summed E-state index contributed by atoms with van der Waals surface area (Å²) in [6.07, 6.45) is 6.50. The molecule has 0 saturated heterocycles. The van der Waals surface area contributed by atoms with Crippen molar-refractivity contribution in [2.75, 3.05) is 0 Å². The molecule has 0 spiro atoms. The average Bonchev–Trinajstić information content (AvgIpc) is 3.05. The molecule has 0 heterocycles. The number of carbonyl (C=O) groups excluding carboxylic acids is 1. The molecule has 170 valence electrons. The second-order valence-corrected chi connectivity index (χ2v) is 11.2. The summed E-state index contributed by atoms with van der Waals surface area (Å²) < 4.78 is 31.3. The molecule has 4 aliphatic rings. The van der Waals surface area contributed by atoms with Crippen molar-refractivity contribution in [1.29, 1.82) is 0 Å². The van der Waals surface area contributed by atoms with Crippen LogP contribution in [0.4, 0.5) is 8.78 Å². The van der Waals surface area contributed by atoms with E-state index in [1.165, 1.54) is 11.1 Å². The third-order valence-corrected chi connectivity index (χ3v) is 9.50. The SMILES string of the molecule is C=CC(F)(F)[C@]1(O)CCC2C3CCC4=CC(=O)CCC4=C3[C@@H](c3ccc(Br)cc3)C[C@@]21C. The lowest BCUT2D eigenvalue weighted by molar-refractivity contribution is -0.213. The van der Waals surface area contributed by atoms with Crippen molar-refractivity contribution in [2.45, 2.75) is 69.3 Å². The maximum absolute atomic E-state index is 15.1. The van der Waals surface area contributed by atoms with Gasteiger partial charge in [-0.25, -0.2) is 0 Å². The van der Waals surface area contributed by atoms with Gasteiger partial charge in [0.1, 0.15) is 5.60 Å². The third-order valence-electron chi connectivity index (χ3n) is 8.97.